The molecule has 0 aromatic heterocycles. The zero-order chi connectivity index (χ0) is 18.1. The monoisotopic (exact) mass is 346 g/mol. The van der Waals surface area contributed by atoms with Gasteiger partial charge in [-0.05, 0) is 67.8 Å². The van der Waals surface area contributed by atoms with E-state index in [2.05, 4.69) is 64.3 Å². The van der Waals surface area contributed by atoms with Crippen molar-refractivity contribution >= 4 is 28.9 Å². The number of anilines is 1. The Morgan fingerprint density at radius 3 is 2.29 bits per heavy atom. The topological polar surface area (TPSA) is 41.1 Å². The molecule has 1 fully saturated rings. The molecule has 1 saturated carbocycles. The van der Waals surface area contributed by atoms with Gasteiger partial charge < -0.3 is 10.6 Å². The van der Waals surface area contributed by atoms with E-state index in [-0.39, 0.29) is 11.3 Å². The lowest BCUT2D eigenvalue weighted by atomic mass is 9.53. The summed E-state index contributed by atoms with van der Waals surface area (Å²) in [5.74, 6) is 1.20. The van der Waals surface area contributed by atoms with Gasteiger partial charge in [-0.2, -0.15) is 0 Å². The molecule has 0 saturated heterocycles. The second kappa shape index (κ2) is 7.22. The van der Waals surface area contributed by atoms with Crippen molar-refractivity contribution in [3.63, 3.8) is 0 Å². The van der Waals surface area contributed by atoms with E-state index in [1.807, 2.05) is 0 Å². The van der Waals surface area contributed by atoms with Gasteiger partial charge in [0, 0.05) is 12.1 Å². The Kier molecular flexibility index (Phi) is 5.69. The van der Waals surface area contributed by atoms with E-state index in [0.29, 0.717) is 17.5 Å². The lowest BCUT2D eigenvalue weighted by Gasteiger charge is -2.52. The summed E-state index contributed by atoms with van der Waals surface area (Å²) in [4.78, 5) is 12.3. The summed E-state index contributed by atoms with van der Waals surface area (Å²) in [6, 6.07) is 4.23. The minimum atomic E-state index is 0.0162. The van der Waals surface area contributed by atoms with E-state index in [1.165, 1.54) is 12.0 Å². The molecule has 4 heteroatoms. The fraction of sp³-hybridized carbons (Fsp3) is 0.600. The van der Waals surface area contributed by atoms with E-state index >= 15 is 0 Å². The Morgan fingerprint density at radius 1 is 1.21 bits per heavy atom. The summed E-state index contributed by atoms with van der Waals surface area (Å²) in [6.07, 6.45) is 2.89. The second-order valence-corrected chi connectivity index (χ2v) is 8.25. The number of carbonyl (C=O) groups excluding carboxylic acids is 1. The number of carbonyl (C=O) groups is 1. The average Bonchev–Trinajstić information content (AvgIpc) is 2.46. The van der Waals surface area contributed by atoms with Gasteiger partial charge in [-0.3, -0.25) is 4.79 Å². The van der Waals surface area contributed by atoms with Crippen LogP contribution in [-0.4, -0.2) is 11.0 Å². The summed E-state index contributed by atoms with van der Waals surface area (Å²) in [5.41, 5.74) is 4.74. The molecule has 132 valence electrons. The number of benzene rings is 1. The molecule has 1 aliphatic carbocycles. The van der Waals surface area contributed by atoms with Gasteiger partial charge >= 0.3 is 0 Å². The van der Waals surface area contributed by atoms with Crippen molar-refractivity contribution in [1.29, 1.82) is 0 Å². The van der Waals surface area contributed by atoms with Crippen LogP contribution in [0.4, 0.5) is 5.69 Å². The maximum Gasteiger partial charge on any atom is 0.226 e. The van der Waals surface area contributed by atoms with Crippen LogP contribution >= 0.6 is 12.2 Å². The summed E-state index contributed by atoms with van der Waals surface area (Å²) in [7, 11) is 0. The maximum atomic E-state index is 12.3. The normalized spacial score (nSPS) is 21.8. The van der Waals surface area contributed by atoms with Crippen LogP contribution in [0.1, 0.15) is 56.7 Å². The Labute approximate surface area is 151 Å². The smallest absolute Gasteiger partial charge is 0.226 e. The van der Waals surface area contributed by atoms with Crippen LogP contribution in [0.5, 0.6) is 0 Å². The number of hydrogen-bond donors (Lipinski definition) is 2. The molecule has 1 aliphatic rings. The highest BCUT2D eigenvalue weighted by atomic mass is 32.1. The van der Waals surface area contributed by atoms with Crippen LogP contribution in [0.25, 0.3) is 0 Å². The number of aryl methyl sites for hydroxylation is 3. The molecule has 0 aliphatic heterocycles. The van der Waals surface area contributed by atoms with Gasteiger partial charge in [0.05, 0.1) is 0 Å². The standard InChI is InChI=1S/C20H30N2OS/c1-7-15-10-16(20(15,5)6)11-17(23)21-19(24)22-18-13(3)8-12(2)9-14(18)4/h8-9,15-16H,7,10-11H2,1-6H3,(H2,21,22,23,24)/t15-,16-/m1/s1. The number of nitrogens with one attached hydrogen (secondary N) is 2. The van der Waals surface area contributed by atoms with Crippen LogP contribution in [0.15, 0.2) is 12.1 Å². The average molecular weight is 347 g/mol. The van der Waals surface area contributed by atoms with Gasteiger partial charge in [-0.15, -0.1) is 0 Å². The van der Waals surface area contributed by atoms with E-state index in [1.54, 1.807) is 0 Å². The predicted molar refractivity (Wildman–Crippen MR) is 105 cm³/mol. The van der Waals surface area contributed by atoms with Crippen LogP contribution in [0, 0.1) is 38.0 Å². The Bertz CT molecular complexity index is 628. The van der Waals surface area contributed by atoms with Crippen molar-refractivity contribution in [1.82, 2.24) is 5.32 Å². The minimum Gasteiger partial charge on any atom is -0.332 e. The largest absolute Gasteiger partial charge is 0.332 e. The lowest BCUT2D eigenvalue weighted by Crippen LogP contribution is -2.47. The Hall–Kier alpha value is -1.42. The van der Waals surface area contributed by atoms with Crippen LogP contribution in [0.3, 0.4) is 0 Å². The van der Waals surface area contributed by atoms with Crippen molar-refractivity contribution in [3.8, 4) is 0 Å². The van der Waals surface area contributed by atoms with Crippen molar-refractivity contribution in [2.75, 3.05) is 5.32 Å². The summed E-state index contributed by atoms with van der Waals surface area (Å²) in [5, 5.41) is 6.42. The van der Waals surface area contributed by atoms with Gasteiger partial charge in [0.15, 0.2) is 5.11 Å². The fourth-order valence-electron chi connectivity index (χ4n) is 4.09. The Morgan fingerprint density at radius 2 is 1.79 bits per heavy atom. The first-order chi connectivity index (χ1) is 11.1. The first-order valence-corrected chi connectivity index (χ1v) is 9.24. The van der Waals surface area contributed by atoms with E-state index in [0.717, 1.165) is 29.2 Å². The number of rotatable bonds is 4. The van der Waals surface area contributed by atoms with Gasteiger partial charge in [0.25, 0.3) is 0 Å². The Balaban J connectivity index is 1.90. The number of amides is 1. The zero-order valence-electron chi connectivity index (χ0n) is 15.7. The highest BCUT2D eigenvalue weighted by molar-refractivity contribution is 7.80. The SMILES string of the molecule is CC[C@@H]1C[C@H](CC(=O)NC(=S)Nc2c(C)cc(C)cc2C)C1(C)C. The third-order valence-electron chi connectivity index (χ3n) is 5.77. The summed E-state index contributed by atoms with van der Waals surface area (Å²) in [6.45, 7) is 13.0. The molecule has 0 unspecified atom stereocenters. The van der Waals surface area contributed by atoms with Crippen molar-refractivity contribution in [2.45, 2.75) is 60.8 Å². The lowest BCUT2D eigenvalue weighted by molar-refractivity contribution is -0.125. The number of thiocarbonyl (C=S) groups is 1. The molecule has 0 spiro atoms. The predicted octanol–water partition coefficient (Wildman–Crippen LogP) is 4.89. The van der Waals surface area contributed by atoms with Gasteiger partial charge in [-0.1, -0.05) is 44.9 Å². The second-order valence-electron chi connectivity index (χ2n) is 7.84. The molecular formula is C20H30N2OS. The van der Waals surface area contributed by atoms with Crippen LogP contribution in [0.2, 0.25) is 0 Å². The highest BCUT2D eigenvalue weighted by Gasteiger charge is 2.47. The number of hydrogen-bond acceptors (Lipinski definition) is 2. The molecule has 1 aromatic rings. The zero-order valence-corrected chi connectivity index (χ0v) is 16.6. The molecule has 2 N–H and O–H groups in total. The van der Waals surface area contributed by atoms with Crippen LogP contribution < -0.4 is 10.6 Å². The molecule has 1 amide bonds. The molecular weight excluding hydrogens is 316 g/mol. The molecule has 2 rings (SSSR count). The van der Waals surface area contributed by atoms with Crippen molar-refractivity contribution in [2.24, 2.45) is 17.3 Å². The first-order valence-electron chi connectivity index (χ1n) is 8.83. The van der Waals surface area contributed by atoms with Crippen molar-refractivity contribution in [3.05, 3.63) is 28.8 Å². The molecule has 24 heavy (non-hydrogen) atoms. The molecule has 0 heterocycles. The van der Waals surface area contributed by atoms with Gasteiger partial charge in [-0.25, -0.2) is 0 Å². The first kappa shape index (κ1) is 18.9. The van der Waals surface area contributed by atoms with E-state index in [9.17, 15) is 4.79 Å². The molecule has 1 aromatic carbocycles. The molecule has 2 atom stereocenters. The highest BCUT2D eigenvalue weighted by Crippen LogP contribution is 2.54. The fourth-order valence-corrected chi connectivity index (χ4v) is 4.30. The van der Waals surface area contributed by atoms with E-state index in [4.69, 9.17) is 12.2 Å². The third-order valence-corrected chi connectivity index (χ3v) is 5.97. The van der Waals surface area contributed by atoms with Crippen LogP contribution in [-0.2, 0) is 4.79 Å². The summed E-state index contributed by atoms with van der Waals surface area (Å²) < 4.78 is 0. The quantitative estimate of drug-likeness (QED) is 0.763. The molecule has 0 bridgehead atoms. The van der Waals surface area contributed by atoms with Gasteiger partial charge in [0.1, 0.15) is 0 Å². The van der Waals surface area contributed by atoms with E-state index < -0.39 is 0 Å². The minimum absolute atomic E-state index is 0.0162. The maximum absolute atomic E-state index is 12.3. The molecule has 0 radical (unpaired) electrons. The van der Waals surface area contributed by atoms with Gasteiger partial charge in [0.2, 0.25) is 5.91 Å². The summed E-state index contributed by atoms with van der Waals surface area (Å²) >= 11 is 5.33. The third kappa shape index (κ3) is 3.97. The van der Waals surface area contributed by atoms with Crippen molar-refractivity contribution < 1.29 is 4.79 Å². The molecule has 3 nitrogen and oxygen atoms in total.